The fourth-order valence-electron chi connectivity index (χ4n) is 3.88. The van der Waals surface area contributed by atoms with E-state index in [9.17, 15) is 4.55 Å². The molecule has 1 heterocycles. The molecule has 0 fully saturated rings. The summed E-state index contributed by atoms with van der Waals surface area (Å²) in [5.74, 6) is 2.99. The summed E-state index contributed by atoms with van der Waals surface area (Å²) in [6.45, 7) is 4.61. The highest BCUT2D eigenvalue weighted by atomic mass is 32.2. The zero-order valence-corrected chi connectivity index (χ0v) is 23.4. The van der Waals surface area contributed by atoms with Gasteiger partial charge in [-0.3, -0.25) is 0 Å². The molecule has 1 aliphatic rings. The van der Waals surface area contributed by atoms with Crippen molar-refractivity contribution in [3.05, 3.63) is 72.3 Å². The van der Waals surface area contributed by atoms with E-state index in [1.807, 2.05) is 42.5 Å². The van der Waals surface area contributed by atoms with E-state index in [1.54, 1.807) is 36.0 Å². The van der Waals surface area contributed by atoms with E-state index in [0.29, 0.717) is 6.79 Å². The maximum Gasteiger partial charge on any atom is 0.231 e. The summed E-state index contributed by atoms with van der Waals surface area (Å²) >= 11 is 0.840. The number of rotatable bonds is 12. The number of phenols is 2. The van der Waals surface area contributed by atoms with Gasteiger partial charge in [0.2, 0.25) is 6.79 Å². The van der Waals surface area contributed by atoms with Crippen molar-refractivity contribution >= 4 is 22.9 Å². The van der Waals surface area contributed by atoms with E-state index < -0.39 is 11.2 Å². The molecule has 0 spiro atoms. The number of unbranched alkanes of at least 4 members (excludes halogenated alkanes) is 5. The van der Waals surface area contributed by atoms with Gasteiger partial charge in [-0.05, 0) is 86.0 Å². The fourth-order valence-corrected chi connectivity index (χ4v) is 5.97. The van der Waals surface area contributed by atoms with Gasteiger partial charge in [-0.2, -0.15) is 0 Å². The van der Waals surface area contributed by atoms with Crippen molar-refractivity contribution in [3.63, 3.8) is 0 Å². The van der Waals surface area contributed by atoms with Gasteiger partial charge in [0, 0.05) is 16.2 Å². The molecule has 0 radical (unpaired) electrons. The second kappa shape index (κ2) is 15.7. The SMILES string of the molecule is CCCCCCCC[S+]([O-])C(C)Cc1ccc2c(c1)OCO2.Oc1ccc(Sc2ccc(O)cc2)cc1. The van der Waals surface area contributed by atoms with Crippen LogP contribution in [0.15, 0.2) is 76.5 Å². The summed E-state index contributed by atoms with van der Waals surface area (Å²) in [4.78, 5) is 2.11. The number of fused-ring (bicyclic) bond motifs is 1. The Morgan fingerprint density at radius 2 is 1.38 bits per heavy atom. The first kappa shape index (κ1) is 29.1. The molecule has 1 aliphatic heterocycles. The van der Waals surface area contributed by atoms with Crippen molar-refractivity contribution < 1.29 is 24.2 Å². The standard InChI is InChI=1S/C18H28O3S.C12H10O2S/c1-3-4-5-6-7-8-11-22(19)15(2)12-16-9-10-17-18(13-16)21-14-20-17;13-9-1-5-11(6-2-9)15-12-7-3-10(14)4-8-12/h9-10,13,15H,3-8,11-12,14H2,1-2H3;1-8,13-14H. The Kier molecular flexibility index (Phi) is 12.3. The van der Waals surface area contributed by atoms with E-state index in [1.165, 1.54) is 37.7 Å². The third-order valence-electron chi connectivity index (χ3n) is 6.02. The lowest BCUT2D eigenvalue weighted by Crippen LogP contribution is -2.23. The van der Waals surface area contributed by atoms with Crippen LogP contribution in [0, 0.1) is 0 Å². The molecule has 3 aromatic carbocycles. The van der Waals surface area contributed by atoms with Crippen molar-refractivity contribution in [2.75, 3.05) is 12.5 Å². The molecule has 0 saturated carbocycles. The van der Waals surface area contributed by atoms with Gasteiger partial charge in [0.15, 0.2) is 11.5 Å². The molecule has 2 unspecified atom stereocenters. The van der Waals surface area contributed by atoms with Crippen LogP contribution in [0.25, 0.3) is 0 Å². The molecule has 0 aromatic heterocycles. The Morgan fingerprint density at radius 1 is 0.811 bits per heavy atom. The zero-order chi connectivity index (χ0) is 26.5. The van der Waals surface area contributed by atoms with Gasteiger partial charge in [0.1, 0.15) is 22.5 Å². The first-order chi connectivity index (χ1) is 17.9. The van der Waals surface area contributed by atoms with Gasteiger partial charge in [0.25, 0.3) is 0 Å². The first-order valence-electron chi connectivity index (χ1n) is 13.0. The maximum absolute atomic E-state index is 12.3. The predicted molar refractivity (Wildman–Crippen MR) is 152 cm³/mol. The van der Waals surface area contributed by atoms with E-state index in [0.717, 1.165) is 39.9 Å². The summed E-state index contributed by atoms with van der Waals surface area (Å²) in [6.07, 6.45) is 8.32. The molecular formula is C30H38O5S2. The highest BCUT2D eigenvalue weighted by Crippen LogP contribution is 2.33. The summed E-state index contributed by atoms with van der Waals surface area (Å²) in [5, 5.41) is 18.4. The van der Waals surface area contributed by atoms with E-state index in [-0.39, 0.29) is 16.7 Å². The third kappa shape index (κ3) is 10.4. The van der Waals surface area contributed by atoms with E-state index in [4.69, 9.17) is 19.7 Å². The Bertz CT molecular complexity index is 1010. The number of ether oxygens (including phenoxy) is 2. The lowest BCUT2D eigenvalue weighted by molar-refractivity contribution is 0.174. The smallest absolute Gasteiger partial charge is 0.231 e. The molecule has 0 bridgehead atoms. The largest absolute Gasteiger partial charge is 0.616 e. The second-order valence-electron chi connectivity index (χ2n) is 9.14. The van der Waals surface area contributed by atoms with Gasteiger partial charge in [-0.15, -0.1) is 0 Å². The monoisotopic (exact) mass is 542 g/mol. The van der Waals surface area contributed by atoms with Crippen LogP contribution in [0.3, 0.4) is 0 Å². The molecule has 5 nitrogen and oxygen atoms in total. The van der Waals surface area contributed by atoms with Gasteiger partial charge in [-0.1, -0.05) is 61.6 Å². The quantitative estimate of drug-likeness (QED) is 0.180. The molecule has 2 N–H and O–H groups in total. The average Bonchev–Trinajstić information content (AvgIpc) is 3.37. The molecule has 7 heteroatoms. The van der Waals surface area contributed by atoms with Crippen LogP contribution in [0.4, 0.5) is 0 Å². The Morgan fingerprint density at radius 3 is 2.00 bits per heavy atom. The van der Waals surface area contributed by atoms with Crippen LogP contribution in [-0.4, -0.2) is 32.6 Å². The molecule has 200 valence electrons. The Labute approximate surface area is 228 Å². The second-order valence-corrected chi connectivity index (χ2v) is 12.3. The zero-order valence-electron chi connectivity index (χ0n) is 21.7. The molecule has 0 aliphatic carbocycles. The molecule has 3 aromatic rings. The third-order valence-corrected chi connectivity index (χ3v) is 8.79. The summed E-state index contributed by atoms with van der Waals surface area (Å²) < 4.78 is 23.0. The minimum absolute atomic E-state index is 0.191. The number of benzene rings is 3. The predicted octanol–water partition coefficient (Wildman–Crippen LogP) is 7.70. The van der Waals surface area contributed by atoms with Gasteiger partial charge < -0.3 is 24.2 Å². The summed E-state index contributed by atoms with van der Waals surface area (Å²) in [5.41, 5.74) is 1.17. The maximum atomic E-state index is 12.3. The Balaban J connectivity index is 0.000000220. The van der Waals surface area contributed by atoms with Crippen molar-refractivity contribution in [3.8, 4) is 23.0 Å². The highest BCUT2D eigenvalue weighted by Gasteiger charge is 2.19. The minimum atomic E-state index is -0.743. The van der Waals surface area contributed by atoms with Crippen LogP contribution in [0.1, 0.15) is 57.9 Å². The molecule has 37 heavy (non-hydrogen) atoms. The van der Waals surface area contributed by atoms with Gasteiger partial charge in [0.05, 0.1) is 0 Å². The Hall–Kier alpha value is -2.48. The average molecular weight is 543 g/mol. The van der Waals surface area contributed by atoms with E-state index in [2.05, 4.69) is 13.8 Å². The van der Waals surface area contributed by atoms with Crippen molar-refractivity contribution in [2.45, 2.75) is 73.8 Å². The molecular weight excluding hydrogens is 504 g/mol. The van der Waals surface area contributed by atoms with Crippen LogP contribution in [-0.2, 0) is 17.6 Å². The topological polar surface area (TPSA) is 82.0 Å². The lowest BCUT2D eigenvalue weighted by atomic mass is 10.1. The van der Waals surface area contributed by atoms with E-state index >= 15 is 0 Å². The lowest BCUT2D eigenvalue weighted by Gasteiger charge is -2.18. The van der Waals surface area contributed by atoms with Gasteiger partial charge >= 0.3 is 0 Å². The number of hydrogen-bond acceptors (Lipinski definition) is 6. The number of phenolic OH excluding ortho intramolecular Hbond substituents is 2. The summed E-state index contributed by atoms with van der Waals surface area (Å²) in [6, 6.07) is 20.0. The van der Waals surface area contributed by atoms with Crippen molar-refractivity contribution in [2.24, 2.45) is 0 Å². The minimum Gasteiger partial charge on any atom is -0.616 e. The van der Waals surface area contributed by atoms with Crippen LogP contribution in [0.2, 0.25) is 0 Å². The first-order valence-corrected chi connectivity index (χ1v) is 15.2. The summed E-state index contributed by atoms with van der Waals surface area (Å²) in [7, 11) is 0. The van der Waals surface area contributed by atoms with Crippen LogP contribution < -0.4 is 9.47 Å². The van der Waals surface area contributed by atoms with Crippen LogP contribution >= 0.6 is 11.8 Å². The molecule has 2 atom stereocenters. The molecule has 0 saturated heterocycles. The highest BCUT2D eigenvalue weighted by molar-refractivity contribution is 7.99. The van der Waals surface area contributed by atoms with Crippen molar-refractivity contribution in [1.29, 1.82) is 0 Å². The van der Waals surface area contributed by atoms with Crippen molar-refractivity contribution in [1.82, 2.24) is 0 Å². The van der Waals surface area contributed by atoms with Gasteiger partial charge in [-0.25, -0.2) is 0 Å². The fraction of sp³-hybridized carbons (Fsp3) is 0.400. The molecule has 4 rings (SSSR count). The normalized spacial score (nSPS) is 13.5. The van der Waals surface area contributed by atoms with Crippen LogP contribution in [0.5, 0.6) is 23.0 Å². The molecule has 0 amide bonds. The number of hydrogen-bond donors (Lipinski definition) is 2. The number of aromatic hydroxyl groups is 2.